The fraction of sp³-hybridized carbons (Fsp3) is 0.818. The molecule has 22 aliphatic rings. The van der Waals surface area contributed by atoms with E-state index in [0.717, 1.165) is 196 Å². The molecule has 26 rings (SSSR count). The van der Waals surface area contributed by atoms with Gasteiger partial charge < -0.3 is 20.4 Å². The normalized spacial score (nSPS) is 48.7. The first-order valence-electron chi connectivity index (χ1n) is 53.1. The molecule has 4 aromatic rings. The Hall–Kier alpha value is -6.10. The third kappa shape index (κ3) is 14.9. The van der Waals surface area contributed by atoms with Gasteiger partial charge in [0.05, 0.1) is 93.0 Å². The molecule has 0 bridgehead atoms. The molecule has 4 N–H and O–H groups in total. The number of rotatable bonds is 14. The Kier molecular flexibility index (Phi) is 21.9. The van der Waals surface area contributed by atoms with Crippen molar-refractivity contribution in [2.45, 2.75) is 347 Å². The molecular weight excluding hydrogens is 1690 g/mol. The predicted octanol–water partition coefficient (Wildman–Crippen LogP) is 22.6. The third-order valence-corrected chi connectivity index (χ3v) is 44.9. The van der Waals surface area contributed by atoms with Gasteiger partial charge in [0.1, 0.15) is 5.15 Å². The van der Waals surface area contributed by atoms with E-state index in [0.29, 0.717) is 136 Å². The lowest BCUT2D eigenvalue weighted by Crippen LogP contribution is -2.52. The topological polar surface area (TPSA) is 238 Å². The van der Waals surface area contributed by atoms with E-state index in [-0.39, 0.29) is 74.5 Å². The van der Waals surface area contributed by atoms with Gasteiger partial charge in [0, 0.05) is 41.8 Å². The summed E-state index contributed by atoms with van der Waals surface area (Å²) in [7, 11) is 0. The van der Waals surface area contributed by atoms with Crippen LogP contribution < -0.4 is 0 Å². The van der Waals surface area contributed by atoms with Crippen LogP contribution >= 0.6 is 23.2 Å². The summed E-state index contributed by atoms with van der Waals surface area (Å²) in [6.07, 6.45) is 48.6. The Morgan fingerprint density at radius 1 is 0.341 bits per heavy atom. The van der Waals surface area contributed by atoms with Crippen molar-refractivity contribution in [3.05, 3.63) is 92.2 Å². The number of carbonyl (C=O) groups excluding carboxylic acids is 4. The molecule has 0 aromatic carbocycles. The van der Waals surface area contributed by atoms with Gasteiger partial charge in [-0.25, -0.2) is 19.4 Å². The summed E-state index contributed by atoms with van der Waals surface area (Å²) in [5.74, 6) is 23.1. The molecule has 132 heavy (non-hydrogen) atoms. The van der Waals surface area contributed by atoms with Gasteiger partial charge in [0.25, 0.3) is 0 Å². The molecule has 0 amide bonds. The average Bonchev–Trinajstić information content (AvgIpc) is 1.53. The number of Topliss-reactive ketones (excluding diaryl/α,β-unsaturated/α-hetero) is 4. The van der Waals surface area contributed by atoms with Gasteiger partial charge in [-0.15, -0.1) is 0 Å². The summed E-state index contributed by atoms with van der Waals surface area (Å²) in [6.45, 7) is 48.5. The summed E-state index contributed by atoms with van der Waals surface area (Å²) in [5, 5.41) is 60.7. The van der Waals surface area contributed by atoms with Crippen molar-refractivity contribution in [1.82, 2.24) is 39.1 Å². The maximum atomic E-state index is 13.9. The summed E-state index contributed by atoms with van der Waals surface area (Å²) in [4.78, 5) is 69.0. The number of ketones is 4. The van der Waals surface area contributed by atoms with Crippen molar-refractivity contribution in [2.75, 3.05) is 0 Å². The van der Waals surface area contributed by atoms with Crippen LogP contribution in [0.15, 0.2) is 24.8 Å². The number of aromatic nitrogens is 8. The molecule has 4 aromatic heterocycles. The van der Waals surface area contributed by atoms with Crippen LogP contribution in [0, 0.1) is 237 Å². The first-order chi connectivity index (χ1) is 63.0. The predicted molar refractivity (Wildman–Crippen MR) is 502 cm³/mol. The standard InChI is InChI=1S/2C29H39N3O2.2C26H34ClN3O2/c1-28(34)10-8-18-17(13-28)6-7-20-19(18)9-11-29(2)25(20)21-12-22(21)26(29)24(33)15-32-14-23(30-3)27(31-32)16-4-5-16;1-28(34)10-8-18-17(13-28)6-7-20-19(18)9-11-29(2)25(20)21-12-22(21)26(29)24(33)15-32-27(16-4-5-16)23(30-3)14-31-32;1-25(32)8-6-15-14(11-25)4-5-17-16(15)7-9-26(2)22(17)18-10-19(18)23(26)21(31)13-30-12-20(28-3)24(27)29-30;1-25(32)8-6-15-14(11-25)4-5-17-16(15)7-9-26(2)22(17)18-10-19(18)23(26)21(31)13-30-24(27)20(28-3)12-29-30/h2*14,16-22,25-26,34H,4-13,15H2,1-2H3;2*12,14-19,22-23,32H,4-11,13H2,1-2H3/t2*17-,18+,19-,20-,21-,22+,25-,26-,28-,29+;2*14-,15+,16-,17-,18-,19+,22-,23-,25-,26+/m1111/s1. The minimum Gasteiger partial charge on any atom is -0.390 e. The van der Waals surface area contributed by atoms with E-state index < -0.39 is 22.4 Å². The number of fused-ring (bicyclic) bond motifs is 28. The van der Waals surface area contributed by atoms with Gasteiger partial charge in [-0.1, -0.05) is 50.9 Å². The smallest absolute Gasteiger partial charge is 0.242 e. The number of hydrogen-bond donors (Lipinski definition) is 4. The number of nitrogens with zero attached hydrogens (tertiary/aromatic N) is 12. The lowest BCUT2D eigenvalue weighted by Gasteiger charge is -2.57. The summed E-state index contributed by atoms with van der Waals surface area (Å²) >= 11 is 12.3. The van der Waals surface area contributed by atoms with Crippen molar-refractivity contribution in [2.24, 2.45) is 211 Å². The summed E-state index contributed by atoms with van der Waals surface area (Å²) in [5.41, 5.74) is 2.55. The Morgan fingerprint density at radius 3 is 0.970 bits per heavy atom. The monoisotopic (exact) mass is 1830 g/mol. The Morgan fingerprint density at radius 2 is 0.644 bits per heavy atom. The average molecular weight is 1840 g/mol. The fourth-order valence-electron chi connectivity index (χ4n) is 39.3. The van der Waals surface area contributed by atoms with Gasteiger partial charge in [0.15, 0.2) is 28.3 Å². The summed E-state index contributed by atoms with van der Waals surface area (Å²) in [6, 6.07) is 0. The van der Waals surface area contributed by atoms with Crippen LogP contribution in [0.2, 0.25) is 10.3 Å². The molecule has 20 nitrogen and oxygen atoms in total. The molecule has 22 aliphatic carbocycles. The first kappa shape index (κ1) is 89.8. The van der Waals surface area contributed by atoms with Crippen molar-refractivity contribution >= 4 is 69.1 Å². The van der Waals surface area contributed by atoms with E-state index in [1.807, 2.05) is 38.6 Å². The second-order valence-electron chi connectivity index (χ2n) is 51.7. The first-order valence-corrected chi connectivity index (χ1v) is 53.9. The maximum absolute atomic E-state index is 13.9. The van der Waals surface area contributed by atoms with Crippen LogP contribution in [0.3, 0.4) is 0 Å². The van der Waals surface area contributed by atoms with Gasteiger partial charge >= 0.3 is 0 Å². The zero-order chi connectivity index (χ0) is 91.6. The Labute approximate surface area is 793 Å². The lowest BCUT2D eigenvalue weighted by molar-refractivity contribution is -0.137. The second-order valence-corrected chi connectivity index (χ2v) is 52.4. The third-order valence-electron chi connectivity index (χ3n) is 44.2. The van der Waals surface area contributed by atoms with Crippen molar-refractivity contribution < 1.29 is 39.6 Å². The Bertz CT molecular complexity index is 5400. The maximum Gasteiger partial charge on any atom is 0.242 e. The highest BCUT2D eigenvalue weighted by Gasteiger charge is 2.76. The molecule has 0 aliphatic heterocycles. The largest absolute Gasteiger partial charge is 0.390 e. The SMILES string of the molecule is [C-]#[N+]c1cn(CC(=O)[C@H]2[C@H]3C[C@H]3[C@H]3[C@@H]4CC[C@@H]5C[C@](C)(O)CC[C@@H]5[C@H]4CC[C@@]32C)nc1C1CC1.[C-]#[N+]c1cn(CC(=O)[C@H]2[C@H]3C[C@H]3[C@H]3[C@@H]4CC[C@@H]5C[C@](C)(O)CC[C@@H]5[C@H]4CC[C@@]32C)nc1Cl.[C-]#[N+]c1cnn(CC(=O)[C@H]2[C@H]3C[C@H]3[C@H]3[C@@H]4CC[C@@H]5C[C@](C)(O)CC[C@@H]5[C@H]4CC[C@@]32C)c1C1CC1.[C-]#[N+]c1cnn(CC(=O)[C@H]2[C@H]3C[C@H]3[C@H]3[C@@H]4CC[C@@H]5C[C@](C)(O)CC[C@@H]5[C@H]4CC[C@@]32C)c1Cl. The van der Waals surface area contributed by atoms with Gasteiger partial charge in [-0.3, -0.25) is 37.9 Å². The quantitative estimate of drug-likeness (QED) is 0.0863. The van der Waals surface area contributed by atoms with Crippen LogP contribution in [-0.2, 0) is 45.4 Å². The zero-order valence-corrected chi connectivity index (χ0v) is 81.3. The highest BCUT2D eigenvalue weighted by atomic mass is 35.5. The van der Waals surface area contributed by atoms with E-state index >= 15 is 0 Å². The number of halogens is 2. The van der Waals surface area contributed by atoms with E-state index in [2.05, 4.69) is 62.4 Å². The van der Waals surface area contributed by atoms with Crippen LogP contribution in [0.25, 0.3) is 19.4 Å². The molecular formula is C110H146Cl2N12O8. The number of hydrogen-bond acceptors (Lipinski definition) is 12. The molecule has 708 valence electrons. The Balaban J connectivity index is 0.0000000999. The van der Waals surface area contributed by atoms with Crippen LogP contribution in [0.1, 0.15) is 310 Å². The minimum absolute atomic E-state index is 0.0983. The molecule has 22 heteroatoms. The van der Waals surface area contributed by atoms with E-state index in [4.69, 9.17) is 54.6 Å². The van der Waals surface area contributed by atoms with Crippen molar-refractivity contribution in [1.29, 1.82) is 0 Å². The van der Waals surface area contributed by atoms with Crippen LogP contribution in [0.5, 0.6) is 0 Å². The van der Waals surface area contributed by atoms with E-state index in [1.54, 1.807) is 21.8 Å². The molecule has 22 saturated carbocycles. The molecule has 40 atom stereocenters. The van der Waals surface area contributed by atoms with E-state index in [1.165, 1.54) is 152 Å². The molecule has 0 radical (unpaired) electrons. The molecule has 0 spiro atoms. The molecule has 0 saturated heterocycles. The van der Waals surface area contributed by atoms with Gasteiger partial charge in [0.2, 0.25) is 22.7 Å². The lowest BCUT2D eigenvalue weighted by atomic mass is 9.48. The number of carbonyl (C=O) groups is 4. The van der Waals surface area contributed by atoms with Gasteiger partial charge in [-0.05, 0) is 458 Å². The van der Waals surface area contributed by atoms with Crippen molar-refractivity contribution in [3.8, 4) is 0 Å². The zero-order valence-electron chi connectivity index (χ0n) is 79.8. The molecule has 0 unspecified atom stereocenters. The second kappa shape index (κ2) is 32.2. The van der Waals surface area contributed by atoms with Gasteiger partial charge in [-0.2, -0.15) is 20.4 Å². The van der Waals surface area contributed by atoms with Crippen LogP contribution in [-0.4, -0.2) is 105 Å². The highest BCUT2D eigenvalue weighted by Crippen LogP contribution is 2.80. The summed E-state index contributed by atoms with van der Waals surface area (Å²) < 4.78 is 6.79. The minimum atomic E-state index is -0.468. The fourth-order valence-corrected chi connectivity index (χ4v) is 39.7. The van der Waals surface area contributed by atoms with E-state index in [9.17, 15) is 39.6 Å². The van der Waals surface area contributed by atoms with Crippen molar-refractivity contribution in [3.63, 3.8) is 0 Å². The highest BCUT2D eigenvalue weighted by molar-refractivity contribution is 6.32. The van der Waals surface area contributed by atoms with Crippen LogP contribution in [0.4, 0.5) is 22.7 Å². The number of aliphatic hydroxyl groups is 4. The molecule has 4 heterocycles. The molecule has 22 fully saturated rings.